The predicted molar refractivity (Wildman–Crippen MR) is 47.6 cm³/mol. The van der Waals surface area contributed by atoms with Crippen molar-refractivity contribution in [2.75, 3.05) is 26.2 Å². The second kappa shape index (κ2) is 3.56. The molecule has 68 valence electrons. The number of hydroxylamine groups is 1. The van der Waals surface area contributed by atoms with E-state index in [9.17, 15) is 0 Å². The van der Waals surface area contributed by atoms with Crippen LogP contribution in [0.4, 0.5) is 0 Å². The van der Waals surface area contributed by atoms with Crippen LogP contribution in [-0.4, -0.2) is 37.2 Å². The zero-order valence-electron chi connectivity index (χ0n) is 7.33. The second-order valence-electron chi connectivity index (χ2n) is 3.63. The molecule has 2 rings (SSSR count). The van der Waals surface area contributed by atoms with Crippen LogP contribution in [0, 0.1) is 5.92 Å². The van der Waals surface area contributed by atoms with Gasteiger partial charge in [-0.3, -0.25) is 4.90 Å². The minimum absolute atomic E-state index is 0.603. The third-order valence-electron chi connectivity index (χ3n) is 2.74. The van der Waals surface area contributed by atoms with Crippen LogP contribution in [-0.2, 0) is 4.84 Å². The number of fused-ring (bicyclic) bond motifs is 1. The fourth-order valence-electron chi connectivity index (χ4n) is 2.04. The predicted octanol–water partition coefficient (Wildman–Crippen LogP) is 0.398. The van der Waals surface area contributed by atoms with E-state index in [0.717, 1.165) is 19.7 Å². The van der Waals surface area contributed by atoms with E-state index in [4.69, 9.17) is 4.84 Å². The highest BCUT2D eigenvalue weighted by atomic mass is 16.7. The van der Waals surface area contributed by atoms with Gasteiger partial charge >= 0.3 is 0 Å². The van der Waals surface area contributed by atoms with Gasteiger partial charge in [0.25, 0.3) is 0 Å². The molecule has 2 aliphatic heterocycles. The molecule has 0 aromatic carbocycles. The average Bonchev–Trinajstić information content (AvgIpc) is 2.51. The van der Waals surface area contributed by atoms with E-state index in [1.54, 1.807) is 0 Å². The molecule has 0 saturated carbocycles. The van der Waals surface area contributed by atoms with Crippen molar-refractivity contribution < 1.29 is 4.84 Å². The van der Waals surface area contributed by atoms with Gasteiger partial charge in [0.05, 0.1) is 6.61 Å². The minimum Gasteiger partial charge on any atom is -0.301 e. The fourth-order valence-corrected chi connectivity index (χ4v) is 2.04. The van der Waals surface area contributed by atoms with Gasteiger partial charge in [-0.15, -0.1) is 6.58 Å². The highest BCUT2D eigenvalue weighted by molar-refractivity contribution is 4.88. The van der Waals surface area contributed by atoms with Gasteiger partial charge < -0.3 is 4.84 Å². The molecule has 0 aromatic rings. The van der Waals surface area contributed by atoms with E-state index in [1.807, 2.05) is 6.08 Å². The number of nitrogens with zero attached hydrogens (tertiary/aromatic N) is 1. The molecule has 0 aliphatic carbocycles. The van der Waals surface area contributed by atoms with Gasteiger partial charge in [-0.1, -0.05) is 6.08 Å². The van der Waals surface area contributed by atoms with Crippen molar-refractivity contribution in [1.29, 1.82) is 0 Å². The molecule has 0 unspecified atom stereocenters. The summed E-state index contributed by atoms with van der Waals surface area (Å²) >= 11 is 0. The van der Waals surface area contributed by atoms with Crippen molar-refractivity contribution in [3.63, 3.8) is 0 Å². The third-order valence-corrected chi connectivity index (χ3v) is 2.74. The highest BCUT2D eigenvalue weighted by Gasteiger charge is 2.33. The molecular formula is C9H16N2O. The summed E-state index contributed by atoms with van der Waals surface area (Å²) in [5.74, 6) is 0.693. The Kier molecular flexibility index (Phi) is 2.44. The third kappa shape index (κ3) is 1.53. The van der Waals surface area contributed by atoms with Crippen molar-refractivity contribution in [2.24, 2.45) is 5.92 Å². The summed E-state index contributed by atoms with van der Waals surface area (Å²) < 4.78 is 0. The Hall–Kier alpha value is -0.380. The molecule has 3 heteroatoms. The van der Waals surface area contributed by atoms with Gasteiger partial charge in [-0.2, -0.15) is 5.48 Å². The Morgan fingerprint density at radius 2 is 2.58 bits per heavy atom. The van der Waals surface area contributed by atoms with E-state index < -0.39 is 0 Å². The van der Waals surface area contributed by atoms with E-state index in [0.29, 0.717) is 12.0 Å². The lowest BCUT2D eigenvalue weighted by Crippen LogP contribution is -2.44. The number of rotatable bonds is 2. The highest BCUT2D eigenvalue weighted by Crippen LogP contribution is 2.21. The molecule has 2 aliphatic rings. The number of likely N-dealkylation sites (tertiary alicyclic amines) is 1. The standard InChI is InChI=1S/C9H16N2O/c1-2-4-11-5-3-9-8(6-11)7-12-10-9/h2,8-10H,1,3-7H2/t8-,9-/m1/s1. The molecule has 2 heterocycles. The van der Waals surface area contributed by atoms with E-state index in [1.165, 1.54) is 13.0 Å². The molecule has 0 radical (unpaired) electrons. The van der Waals surface area contributed by atoms with Crippen molar-refractivity contribution in [3.8, 4) is 0 Å². The second-order valence-corrected chi connectivity index (χ2v) is 3.63. The molecule has 2 atom stereocenters. The van der Waals surface area contributed by atoms with Gasteiger partial charge in [0.1, 0.15) is 0 Å². The van der Waals surface area contributed by atoms with Gasteiger partial charge in [0.2, 0.25) is 0 Å². The molecule has 0 spiro atoms. The van der Waals surface area contributed by atoms with Crippen molar-refractivity contribution in [2.45, 2.75) is 12.5 Å². The summed E-state index contributed by atoms with van der Waals surface area (Å²) in [7, 11) is 0. The number of hydrogen-bond donors (Lipinski definition) is 1. The fraction of sp³-hybridized carbons (Fsp3) is 0.778. The number of piperidine rings is 1. The Bertz CT molecular complexity index is 172. The van der Waals surface area contributed by atoms with Crippen molar-refractivity contribution in [1.82, 2.24) is 10.4 Å². The van der Waals surface area contributed by atoms with Gasteiger partial charge in [-0.05, 0) is 6.42 Å². The van der Waals surface area contributed by atoms with Crippen LogP contribution in [0.1, 0.15) is 6.42 Å². The van der Waals surface area contributed by atoms with Crippen LogP contribution in [0.15, 0.2) is 12.7 Å². The van der Waals surface area contributed by atoms with Gasteiger partial charge in [0, 0.05) is 31.6 Å². The summed E-state index contributed by atoms with van der Waals surface area (Å²) in [5, 5.41) is 0. The maximum absolute atomic E-state index is 5.22. The molecule has 3 nitrogen and oxygen atoms in total. The Labute approximate surface area is 73.3 Å². The normalized spacial score (nSPS) is 36.3. The molecule has 0 aromatic heterocycles. The zero-order chi connectivity index (χ0) is 8.39. The first kappa shape index (κ1) is 8.23. The maximum atomic E-state index is 5.22. The lowest BCUT2D eigenvalue weighted by molar-refractivity contribution is 0.0863. The first-order chi connectivity index (χ1) is 5.90. The quantitative estimate of drug-likeness (QED) is 0.604. The zero-order valence-corrected chi connectivity index (χ0v) is 7.33. The first-order valence-corrected chi connectivity index (χ1v) is 4.60. The van der Waals surface area contributed by atoms with E-state index in [-0.39, 0.29) is 0 Å². The maximum Gasteiger partial charge on any atom is 0.0738 e. The average molecular weight is 168 g/mol. The Balaban J connectivity index is 1.87. The molecule has 2 fully saturated rings. The van der Waals surface area contributed by atoms with Crippen LogP contribution in [0.25, 0.3) is 0 Å². The number of nitrogens with one attached hydrogen (secondary N) is 1. The summed E-state index contributed by atoms with van der Waals surface area (Å²) in [6.45, 7) is 7.97. The molecule has 0 amide bonds. The van der Waals surface area contributed by atoms with E-state index >= 15 is 0 Å². The Morgan fingerprint density at radius 3 is 3.42 bits per heavy atom. The van der Waals surface area contributed by atoms with Crippen LogP contribution >= 0.6 is 0 Å². The van der Waals surface area contributed by atoms with Crippen LogP contribution in [0.2, 0.25) is 0 Å². The first-order valence-electron chi connectivity index (χ1n) is 4.60. The van der Waals surface area contributed by atoms with Gasteiger partial charge in [0.15, 0.2) is 0 Å². The summed E-state index contributed by atoms with van der Waals surface area (Å²) in [5.41, 5.74) is 3.07. The van der Waals surface area contributed by atoms with Gasteiger partial charge in [-0.25, -0.2) is 0 Å². The molecule has 1 N–H and O–H groups in total. The SMILES string of the molecule is C=CCN1CC[C@H]2NOC[C@H]2C1. The summed E-state index contributed by atoms with van der Waals surface area (Å²) in [6.07, 6.45) is 3.18. The topological polar surface area (TPSA) is 24.5 Å². The minimum atomic E-state index is 0.603. The Morgan fingerprint density at radius 1 is 1.67 bits per heavy atom. The van der Waals surface area contributed by atoms with Crippen LogP contribution < -0.4 is 5.48 Å². The van der Waals surface area contributed by atoms with Crippen LogP contribution in [0.5, 0.6) is 0 Å². The largest absolute Gasteiger partial charge is 0.301 e. The van der Waals surface area contributed by atoms with Crippen LogP contribution in [0.3, 0.4) is 0 Å². The molecular weight excluding hydrogens is 152 g/mol. The summed E-state index contributed by atoms with van der Waals surface area (Å²) in [4.78, 5) is 7.65. The summed E-state index contributed by atoms with van der Waals surface area (Å²) in [6, 6.07) is 0.603. The molecule has 12 heavy (non-hydrogen) atoms. The van der Waals surface area contributed by atoms with Crippen molar-refractivity contribution in [3.05, 3.63) is 12.7 Å². The smallest absolute Gasteiger partial charge is 0.0738 e. The monoisotopic (exact) mass is 168 g/mol. The molecule has 0 bridgehead atoms. The van der Waals surface area contributed by atoms with Crippen molar-refractivity contribution >= 4 is 0 Å². The lowest BCUT2D eigenvalue weighted by atomic mass is 9.94. The lowest BCUT2D eigenvalue weighted by Gasteiger charge is -2.32. The van der Waals surface area contributed by atoms with E-state index in [2.05, 4.69) is 17.0 Å². The molecule has 2 saturated heterocycles. The number of hydrogen-bond acceptors (Lipinski definition) is 3.